The lowest BCUT2D eigenvalue weighted by Gasteiger charge is -2.13. The lowest BCUT2D eigenvalue weighted by atomic mass is 9.98. The van der Waals surface area contributed by atoms with E-state index in [0.717, 1.165) is 36.6 Å². The van der Waals surface area contributed by atoms with Gasteiger partial charge in [-0.3, -0.25) is 4.79 Å². The van der Waals surface area contributed by atoms with Crippen LogP contribution in [0.25, 0.3) is 11.0 Å². The zero-order valence-electron chi connectivity index (χ0n) is 15.0. The Morgan fingerprint density at radius 1 is 1.17 bits per heavy atom. The Morgan fingerprint density at radius 3 is 2.50 bits per heavy atom. The maximum absolute atomic E-state index is 12.4. The van der Waals surface area contributed by atoms with Gasteiger partial charge in [0.1, 0.15) is 11.3 Å². The molecule has 2 aromatic rings. The largest absolute Gasteiger partial charge is 0.493 e. The third-order valence-electron chi connectivity index (χ3n) is 4.31. The third kappa shape index (κ3) is 3.69. The summed E-state index contributed by atoms with van der Waals surface area (Å²) < 4.78 is 11.3. The molecule has 0 saturated carbocycles. The third-order valence-corrected chi connectivity index (χ3v) is 4.31. The molecule has 1 heterocycles. The second kappa shape index (κ2) is 8.13. The van der Waals surface area contributed by atoms with Crippen LogP contribution in [0.1, 0.15) is 67.9 Å². The smallest absolute Gasteiger partial charge is 0.339 e. The number of carbonyl (C=O) groups is 1. The monoisotopic (exact) mass is 330 g/mol. The Balaban J connectivity index is 2.61. The van der Waals surface area contributed by atoms with Gasteiger partial charge in [0.25, 0.3) is 0 Å². The van der Waals surface area contributed by atoms with Crippen molar-refractivity contribution in [3.63, 3.8) is 0 Å². The van der Waals surface area contributed by atoms with Crippen LogP contribution in [0, 0.1) is 6.92 Å². The summed E-state index contributed by atoms with van der Waals surface area (Å²) in [6.07, 6.45) is 4.58. The normalized spacial score (nSPS) is 11.0. The molecule has 4 heteroatoms. The van der Waals surface area contributed by atoms with Gasteiger partial charge in [-0.25, -0.2) is 4.79 Å². The molecule has 0 saturated heterocycles. The van der Waals surface area contributed by atoms with Crippen LogP contribution in [-0.2, 0) is 6.42 Å². The second-order valence-electron chi connectivity index (χ2n) is 6.17. The number of unbranched alkanes of at least 4 members (excludes halogenated alkanes) is 2. The highest BCUT2D eigenvalue weighted by molar-refractivity contribution is 6.07. The average Bonchev–Trinajstić information content (AvgIpc) is 2.54. The van der Waals surface area contributed by atoms with Gasteiger partial charge >= 0.3 is 5.63 Å². The van der Waals surface area contributed by atoms with E-state index in [4.69, 9.17) is 9.15 Å². The topological polar surface area (TPSA) is 56.5 Å². The summed E-state index contributed by atoms with van der Waals surface area (Å²) in [5, 5.41) is 0.814. The van der Waals surface area contributed by atoms with E-state index >= 15 is 0 Å². The highest BCUT2D eigenvalue weighted by Crippen LogP contribution is 2.31. The molecule has 0 atom stereocenters. The van der Waals surface area contributed by atoms with Gasteiger partial charge < -0.3 is 9.15 Å². The summed E-state index contributed by atoms with van der Waals surface area (Å²) in [7, 11) is 0. The maximum Gasteiger partial charge on any atom is 0.339 e. The number of fused-ring (bicyclic) bond motifs is 1. The van der Waals surface area contributed by atoms with Crippen LogP contribution in [0.2, 0.25) is 0 Å². The zero-order valence-corrected chi connectivity index (χ0v) is 15.0. The minimum atomic E-state index is -0.346. The standard InChI is InChI=1S/C20H26O4/c1-5-7-9-16-13(3)15-10-11-17(23-12-8-6-2)18(14(4)21)19(15)24-20(16)22/h10-11H,5-9,12H2,1-4H3. The van der Waals surface area contributed by atoms with E-state index in [1.807, 2.05) is 19.1 Å². The van der Waals surface area contributed by atoms with E-state index in [-0.39, 0.29) is 11.4 Å². The molecule has 0 aliphatic rings. The van der Waals surface area contributed by atoms with Crippen molar-refractivity contribution in [2.24, 2.45) is 0 Å². The predicted molar refractivity (Wildman–Crippen MR) is 96.2 cm³/mol. The van der Waals surface area contributed by atoms with Crippen molar-refractivity contribution in [1.29, 1.82) is 0 Å². The molecular formula is C20H26O4. The molecule has 0 aliphatic carbocycles. The lowest BCUT2D eigenvalue weighted by Crippen LogP contribution is -2.12. The predicted octanol–water partition coefficient (Wildman–Crippen LogP) is 4.83. The van der Waals surface area contributed by atoms with Gasteiger partial charge in [-0.1, -0.05) is 26.7 Å². The van der Waals surface area contributed by atoms with Crippen LogP contribution in [0.5, 0.6) is 5.75 Å². The quantitative estimate of drug-likeness (QED) is 0.395. The minimum Gasteiger partial charge on any atom is -0.493 e. The number of rotatable bonds is 8. The Kier molecular flexibility index (Phi) is 6.18. The summed E-state index contributed by atoms with van der Waals surface area (Å²) in [6.45, 7) is 8.11. The van der Waals surface area contributed by atoms with Crippen molar-refractivity contribution in [2.45, 2.75) is 59.8 Å². The van der Waals surface area contributed by atoms with Crippen molar-refractivity contribution in [3.05, 3.63) is 39.2 Å². The van der Waals surface area contributed by atoms with Crippen LogP contribution in [0.15, 0.2) is 21.3 Å². The lowest BCUT2D eigenvalue weighted by molar-refractivity contribution is 0.101. The van der Waals surface area contributed by atoms with Gasteiger partial charge in [0.2, 0.25) is 0 Å². The first-order chi connectivity index (χ1) is 11.5. The fraction of sp³-hybridized carbons (Fsp3) is 0.500. The number of ether oxygens (including phenoxy) is 1. The number of benzene rings is 1. The molecule has 130 valence electrons. The molecular weight excluding hydrogens is 304 g/mol. The molecule has 0 bridgehead atoms. The second-order valence-corrected chi connectivity index (χ2v) is 6.17. The van der Waals surface area contributed by atoms with E-state index in [1.54, 1.807) is 0 Å². The number of ketones is 1. The molecule has 4 nitrogen and oxygen atoms in total. The zero-order chi connectivity index (χ0) is 17.7. The van der Waals surface area contributed by atoms with E-state index in [0.29, 0.717) is 35.5 Å². The summed E-state index contributed by atoms with van der Waals surface area (Å²) in [6, 6.07) is 3.70. The molecule has 2 rings (SSSR count). The average molecular weight is 330 g/mol. The van der Waals surface area contributed by atoms with Crippen molar-refractivity contribution < 1.29 is 13.9 Å². The highest BCUT2D eigenvalue weighted by atomic mass is 16.5. The molecule has 0 amide bonds. The first-order valence-electron chi connectivity index (χ1n) is 8.74. The Hall–Kier alpha value is -2.10. The van der Waals surface area contributed by atoms with E-state index in [2.05, 4.69) is 13.8 Å². The molecule has 0 fully saturated rings. The van der Waals surface area contributed by atoms with Gasteiger partial charge in [-0.05, 0) is 50.8 Å². The van der Waals surface area contributed by atoms with Gasteiger partial charge in [0.05, 0.1) is 6.61 Å². The number of aryl methyl sites for hydroxylation is 1. The first-order valence-corrected chi connectivity index (χ1v) is 8.74. The summed E-state index contributed by atoms with van der Waals surface area (Å²) >= 11 is 0. The van der Waals surface area contributed by atoms with E-state index in [9.17, 15) is 9.59 Å². The van der Waals surface area contributed by atoms with Crippen LogP contribution < -0.4 is 10.4 Å². The van der Waals surface area contributed by atoms with E-state index in [1.165, 1.54) is 6.92 Å². The first kappa shape index (κ1) is 18.2. The molecule has 1 aromatic carbocycles. The molecule has 0 spiro atoms. The Bertz CT molecular complexity index is 786. The molecule has 0 aliphatic heterocycles. The molecule has 0 N–H and O–H groups in total. The number of hydrogen-bond acceptors (Lipinski definition) is 4. The fourth-order valence-electron chi connectivity index (χ4n) is 2.86. The van der Waals surface area contributed by atoms with Crippen LogP contribution in [0.4, 0.5) is 0 Å². The minimum absolute atomic E-state index is 0.157. The highest BCUT2D eigenvalue weighted by Gasteiger charge is 2.19. The maximum atomic E-state index is 12.4. The number of Topliss-reactive ketones (excluding diaryl/α,β-unsaturated/α-hetero) is 1. The SMILES string of the molecule is CCCCOc1ccc2c(C)c(CCCC)c(=O)oc2c1C(C)=O. The van der Waals surface area contributed by atoms with Gasteiger partial charge in [-0.15, -0.1) is 0 Å². The summed E-state index contributed by atoms with van der Waals surface area (Å²) in [4.78, 5) is 24.5. The van der Waals surface area contributed by atoms with Crippen molar-refractivity contribution >= 4 is 16.8 Å². The summed E-state index contributed by atoms with van der Waals surface area (Å²) in [5.41, 5.74) is 1.97. The molecule has 1 aromatic heterocycles. The van der Waals surface area contributed by atoms with Crippen LogP contribution in [0.3, 0.4) is 0 Å². The van der Waals surface area contributed by atoms with Crippen molar-refractivity contribution in [2.75, 3.05) is 6.61 Å². The van der Waals surface area contributed by atoms with Crippen LogP contribution in [-0.4, -0.2) is 12.4 Å². The van der Waals surface area contributed by atoms with Crippen molar-refractivity contribution in [3.8, 4) is 5.75 Å². The number of carbonyl (C=O) groups excluding carboxylic acids is 1. The van der Waals surface area contributed by atoms with E-state index < -0.39 is 0 Å². The summed E-state index contributed by atoms with van der Waals surface area (Å²) in [5.74, 6) is 0.336. The number of hydrogen-bond donors (Lipinski definition) is 0. The Morgan fingerprint density at radius 2 is 1.88 bits per heavy atom. The van der Waals surface area contributed by atoms with Gasteiger partial charge in [-0.2, -0.15) is 0 Å². The Labute approximate surface area is 142 Å². The van der Waals surface area contributed by atoms with Gasteiger partial charge in [0.15, 0.2) is 11.4 Å². The molecule has 0 radical (unpaired) electrons. The molecule has 0 unspecified atom stereocenters. The molecule has 24 heavy (non-hydrogen) atoms. The van der Waals surface area contributed by atoms with Crippen molar-refractivity contribution in [1.82, 2.24) is 0 Å². The fourth-order valence-corrected chi connectivity index (χ4v) is 2.86. The van der Waals surface area contributed by atoms with Crippen LogP contribution >= 0.6 is 0 Å². The van der Waals surface area contributed by atoms with Gasteiger partial charge in [0, 0.05) is 10.9 Å².